The zero-order valence-corrected chi connectivity index (χ0v) is 15.6. The Morgan fingerprint density at radius 3 is 2.04 bits per heavy atom. The lowest BCUT2D eigenvalue weighted by Gasteiger charge is -2.18. The molecule has 0 bridgehead atoms. The number of likely N-dealkylation sites (N-methyl/N-ethyl adjacent to an activating group) is 1. The van der Waals surface area contributed by atoms with Crippen molar-refractivity contribution in [2.45, 2.75) is 20.5 Å². The van der Waals surface area contributed by atoms with Crippen LogP contribution in [-0.4, -0.2) is 31.1 Å². The van der Waals surface area contributed by atoms with E-state index < -0.39 is 0 Å². The molecule has 0 saturated carbocycles. The zero-order valence-electron chi connectivity index (χ0n) is 14.1. The molecular weight excluding hydrogens is 345 g/mol. The van der Waals surface area contributed by atoms with E-state index in [1.54, 1.807) is 18.2 Å². The molecule has 0 aliphatic rings. The molecule has 0 aromatic heterocycles. The molecule has 2 aromatic carbocycles. The van der Waals surface area contributed by atoms with Crippen LogP contribution in [0.5, 0.6) is 11.5 Å². The average Bonchev–Trinajstić information content (AvgIpc) is 2.57. The molecule has 0 radical (unpaired) electrons. The third-order valence-electron chi connectivity index (χ3n) is 3.74. The molecule has 3 nitrogen and oxygen atoms in total. The summed E-state index contributed by atoms with van der Waals surface area (Å²) in [6.45, 7) is 8.49. The van der Waals surface area contributed by atoms with Crippen molar-refractivity contribution in [3.05, 3.63) is 58.1 Å². The normalized spacial score (nSPS) is 10.9. The number of nitrogens with zero attached hydrogens (tertiary/aromatic N) is 1. The van der Waals surface area contributed by atoms with Gasteiger partial charge in [0.15, 0.2) is 0 Å². The maximum Gasteiger partial charge on any atom is 0.122 e. The highest BCUT2D eigenvalue weighted by molar-refractivity contribution is 6.34. The lowest BCUT2D eigenvalue weighted by atomic mass is 10.2. The Morgan fingerprint density at radius 1 is 0.833 bits per heavy atom. The Morgan fingerprint density at radius 2 is 1.46 bits per heavy atom. The molecule has 0 aliphatic heterocycles. The van der Waals surface area contributed by atoms with Crippen LogP contribution < -0.4 is 9.47 Å². The van der Waals surface area contributed by atoms with Gasteiger partial charge in [-0.15, -0.1) is 0 Å². The summed E-state index contributed by atoms with van der Waals surface area (Å²) < 4.78 is 11.5. The molecule has 0 heterocycles. The number of benzene rings is 2. The molecule has 0 unspecified atom stereocenters. The van der Waals surface area contributed by atoms with Crippen LogP contribution in [0, 0.1) is 0 Å². The molecule has 5 heteroatoms. The zero-order chi connectivity index (χ0) is 17.4. The van der Waals surface area contributed by atoms with Gasteiger partial charge >= 0.3 is 0 Å². The van der Waals surface area contributed by atoms with E-state index in [1.807, 2.05) is 24.3 Å². The highest BCUT2D eigenvalue weighted by atomic mass is 35.5. The number of hydrogen-bond donors (Lipinski definition) is 0. The minimum atomic E-state index is 0.455. The van der Waals surface area contributed by atoms with Gasteiger partial charge in [-0.3, -0.25) is 0 Å². The SMILES string of the molecule is CCN(CC)CCOc1ccc(COc2cc(Cl)cc(Cl)c2)cc1. The van der Waals surface area contributed by atoms with Crippen molar-refractivity contribution in [2.75, 3.05) is 26.2 Å². The first-order valence-corrected chi connectivity index (χ1v) is 8.89. The Bertz CT molecular complexity index is 608. The predicted molar refractivity (Wildman–Crippen MR) is 101 cm³/mol. The van der Waals surface area contributed by atoms with Gasteiger partial charge in [-0.1, -0.05) is 49.2 Å². The fourth-order valence-corrected chi connectivity index (χ4v) is 2.80. The van der Waals surface area contributed by atoms with Crippen LogP contribution >= 0.6 is 23.2 Å². The highest BCUT2D eigenvalue weighted by Crippen LogP contribution is 2.25. The topological polar surface area (TPSA) is 21.7 Å². The van der Waals surface area contributed by atoms with E-state index in [4.69, 9.17) is 32.7 Å². The Labute approximate surface area is 154 Å². The van der Waals surface area contributed by atoms with Crippen LogP contribution in [0.2, 0.25) is 10.0 Å². The lowest BCUT2D eigenvalue weighted by molar-refractivity contribution is 0.222. The first-order chi connectivity index (χ1) is 11.6. The first-order valence-electron chi connectivity index (χ1n) is 8.13. The van der Waals surface area contributed by atoms with E-state index in [1.165, 1.54) is 0 Å². The van der Waals surface area contributed by atoms with Gasteiger partial charge in [0, 0.05) is 16.6 Å². The molecule has 0 amide bonds. The molecule has 0 aliphatic carbocycles. The lowest BCUT2D eigenvalue weighted by Crippen LogP contribution is -2.27. The smallest absolute Gasteiger partial charge is 0.122 e. The Balaban J connectivity index is 1.81. The van der Waals surface area contributed by atoms with E-state index in [2.05, 4.69) is 18.7 Å². The summed E-state index contributed by atoms with van der Waals surface area (Å²) in [6, 6.07) is 13.1. The van der Waals surface area contributed by atoms with Gasteiger partial charge in [0.05, 0.1) is 0 Å². The van der Waals surface area contributed by atoms with Gasteiger partial charge in [-0.2, -0.15) is 0 Å². The average molecular weight is 368 g/mol. The predicted octanol–water partition coefficient (Wildman–Crippen LogP) is 5.29. The molecule has 0 saturated heterocycles. The van der Waals surface area contributed by atoms with E-state index >= 15 is 0 Å². The molecule has 0 fully saturated rings. The quantitative estimate of drug-likeness (QED) is 0.600. The van der Waals surface area contributed by atoms with Crippen molar-refractivity contribution in [1.29, 1.82) is 0 Å². The van der Waals surface area contributed by atoms with Crippen molar-refractivity contribution >= 4 is 23.2 Å². The Kier molecular flexibility index (Phi) is 7.70. The summed E-state index contributed by atoms with van der Waals surface area (Å²) in [7, 11) is 0. The molecule has 0 N–H and O–H groups in total. The summed E-state index contributed by atoms with van der Waals surface area (Å²) in [4.78, 5) is 2.33. The molecular formula is C19H23Cl2NO2. The minimum Gasteiger partial charge on any atom is -0.492 e. The highest BCUT2D eigenvalue weighted by Gasteiger charge is 2.02. The van der Waals surface area contributed by atoms with Crippen LogP contribution in [0.3, 0.4) is 0 Å². The fourth-order valence-electron chi connectivity index (χ4n) is 2.29. The minimum absolute atomic E-state index is 0.455. The second-order valence-corrected chi connectivity index (χ2v) is 6.29. The summed E-state index contributed by atoms with van der Waals surface area (Å²) in [5, 5.41) is 1.13. The van der Waals surface area contributed by atoms with Crippen LogP contribution in [0.4, 0.5) is 0 Å². The molecule has 0 spiro atoms. The third-order valence-corrected chi connectivity index (χ3v) is 4.17. The van der Waals surface area contributed by atoms with Gasteiger partial charge in [-0.25, -0.2) is 0 Å². The van der Waals surface area contributed by atoms with Crippen LogP contribution in [0.15, 0.2) is 42.5 Å². The van der Waals surface area contributed by atoms with Crippen molar-refractivity contribution in [1.82, 2.24) is 4.90 Å². The number of halogens is 2. The largest absolute Gasteiger partial charge is 0.492 e. The van der Waals surface area contributed by atoms with Crippen molar-refractivity contribution in [3.63, 3.8) is 0 Å². The van der Waals surface area contributed by atoms with Crippen molar-refractivity contribution in [2.24, 2.45) is 0 Å². The summed E-state index contributed by atoms with van der Waals surface area (Å²) in [6.07, 6.45) is 0. The standard InChI is InChI=1S/C19H23Cl2NO2/c1-3-22(4-2)9-10-23-18-7-5-15(6-8-18)14-24-19-12-16(20)11-17(21)13-19/h5-8,11-13H,3-4,9-10,14H2,1-2H3. The molecule has 2 aromatic rings. The second-order valence-electron chi connectivity index (χ2n) is 5.41. The van der Waals surface area contributed by atoms with Crippen molar-refractivity contribution < 1.29 is 9.47 Å². The maximum absolute atomic E-state index is 5.96. The van der Waals surface area contributed by atoms with E-state index in [-0.39, 0.29) is 0 Å². The van der Waals surface area contributed by atoms with Crippen LogP contribution in [0.25, 0.3) is 0 Å². The molecule has 0 atom stereocenters. The van der Waals surface area contributed by atoms with Crippen LogP contribution in [0.1, 0.15) is 19.4 Å². The Hall–Kier alpha value is -1.42. The van der Waals surface area contributed by atoms with Gasteiger partial charge in [0.1, 0.15) is 24.7 Å². The monoisotopic (exact) mass is 367 g/mol. The fraction of sp³-hybridized carbons (Fsp3) is 0.368. The van der Waals surface area contributed by atoms with Gasteiger partial charge in [0.25, 0.3) is 0 Å². The molecule has 2 rings (SSSR count). The van der Waals surface area contributed by atoms with Gasteiger partial charge in [-0.05, 0) is 49.0 Å². The van der Waals surface area contributed by atoms with Crippen LogP contribution in [-0.2, 0) is 6.61 Å². The van der Waals surface area contributed by atoms with Gasteiger partial charge in [0.2, 0.25) is 0 Å². The third kappa shape index (κ3) is 6.23. The number of ether oxygens (including phenoxy) is 2. The maximum atomic E-state index is 5.96. The van der Waals surface area contributed by atoms with E-state index in [0.717, 1.165) is 30.9 Å². The molecule has 24 heavy (non-hydrogen) atoms. The first kappa shape index (κ1) is 18.9. The number of hydrogen-bond acceptors (Lipinski definition) is 3. The number of rotatable bonds is 9. The summed E-state index contributed by atoms with van der Waals surface area (Å²) >= 11 is 11.9. The van der Waals surface area contributed by atoms with Gasteiger partial charge < -0.3 is 14.4 Å². The molecule has 130 valence electrons. The summed E-state index contributed by atoms with van der Waals surface area (Å²) in [5.41, 5.74) is 1.06. The second kappa shape index (κ2) is 9.77. The summed E-state index contributed by atoms with van der Waals surface area (Å²) in [5.74, 6) is 1.53. The van der Waals surface area contributed by atoms with Crippen molar-refractivity contribution in [3.8, 4) is 11.5 Å². The van der Waals surface area contributed by atoms with E-state index in [0.29, 0.717) is 29.0 Å². The van der Waals surface area contributed by atoms with E-state index in [9.17, 15) is 0 Å².